The molecule has 0 unspecified atom stereocenters. The molecule has 4 heteroatoms. The first-order chi connectivity index (χ1) is 16.7. The van der Waals surface area contributed by atoms with E-state index >= 15 is 0 Å². The molecule has 0 saturated carbocycles. The van der Waals surface area contributed by atoms with Crippen LogP contribution >= 0.6 is 0 Å². The van der Waals surface area contributed by atoms with Crippen LogP contribution in [0.15, 0.2) is 115 Å². The molecule has 1 aromatic heterocycles. The molecule has 3 nitrogen and oxygen atoms in total. The highest BCUT2D eigenvalue weighted by Gasteiger charge is 2.19. The molecular weight excluding hydrogens is 423 g/mol. The Balaban J connectivity index is 1.44. The van der Waals surface area contributed by atoms with Crippen molar-refractivity contribution in [2.24, 2.45) is 0 Å². The first-order valence-corrected chi connectivity index (χ1v) is 11.4. The van der Waals surface area contributed by atoms with Gasteiger partial charge in [-0.25, -0.2) is 4.39 Å². The zero-order valence-electron chi connectivity index (χ0n) is 18.8. The minimum absolute atomic E-state index is 0.0203. The third kappa shape index (κ3) is 4.91. The quantitative estimate of drug-likeness (QED) is 0.273. The Bertz CT molecular complexity index is 1420. The number of rotatable bonds is 7. The summed E-state index contributed by atoms with van der Waals surface area (Å²) in [5.41, 5.74) is 3.61. The second-order valence-electron chi connectivity index (χ2n) is 8.47. The lowest BCUT2D eigenvalue weighted by molar-refractivity contribution is 0.0726. The van der Waals surface area contributed by atoms with Crippen LogP contribution in [0.3, 0.4) is 0 Å². The summed E-state index contributed by atoms with van der Waals surface area (Å²) >= 11 is 0. The molecule has 0 atom stereocenters. The van der Waals surface area contributed by atoms with Crippen molar-refractivity contribution < 1.29 is 9.18 Å². The van der Waals surface area contributed by atoms with Crippen LogP contribution in [-0.4, -0.2) is 15.4 Å². The van der Waals surface area contributed by atoms with Crippen LogP contribution in [0.1, 0.15) is 27.2 Å². The Morgan fingerprint density at radius 1 is 0.706 bits per heavy atom. The zero-order valence-corrected chi connectivity index (χ0v) is 18.8. The normalized spacial score (nSPS) is 11.0. The number of amides is 1. The van der Waals surface area contributed by atoms with E-state index in [0.29, 0.717) is 25.2 Å². The smallest absolute Gasteiger partial charge is 0.254 e. The molecule has 0 aliphatic rings. The van der Waals surface area contributed by atoms with Gasteiger partial charge in [-0.15, -0.1) is 0 Å². The molecule has 0 radical (unpaired) electrons. The summed E-state index contributed by atoms with van der Waals surface area (Å²) in [6.45, 7) is 1.49. The van der Waals surface area contributed by atoms with Crippen molar-refractivity contribution in [1.82, 2.24) is 9.47 Å². The average Bonchev–Trinajstić information content (AvgIpc) is 3.30. The van der Waals surface area contributed by atoms with E-state index in [-0.39, 0.29) is 11.7 Å². The highest BCUT2D eigenvalue weighted by atomic mass is 19.1. The molecule has 168 valence electrons. The van der Waals surface area contributed by atoms with Gasteiger partial charge in [0.2, 0.25) is 0 Å². The van der Waals surface area contributed by atoms with Crippen molar-refractivity contribution in [3.05, 3.63) is 144 Å². The van der Waals surface area contributed by atoms with Crippen molar-refractivity contribution in [2.45, 2.75) is 19.6 Å². The molecule has 0 aliphatic carbocycles. The summed E-state index contributed by atoms with van der Waals surface area (Å²) in [5.74, 6) is -0.267. The second-order valence-corrected chi connectivity index (χ2v) is 8.47. The fourth-order valence-electron chi connectivity index (χ4n) is 4.28. The molecule has 1 heterocycles. The predicted molar refractivity (Wildman–Crippen MR) is 134 cm³/mol. The monoisotopic (exact) mass is 448 g/mol. The van der Waals surface area contributed by atoms with Gasteiger partial charge in [0.15, 0.2) is 0 Å². The molecule has 0 spiro atoms. The maximum atomic E-state index is 13.7. The summed E-state index contributed by atoms with van der Waals surface area (Å²) in [4.78, 5) is 15.6. The molecule has 5 rings (SSSR count). The van der Waals surface area contributed by atoms with E-state index in [1.54, 1.807) is 12.1 Å². The first kappa shape index (κ1) is 21.7. The molecular formula is C30H25FN2O. The van der Waals surface area contributed by atoms with E-state index in [2.05, 4.69) is 4.57 Å². The number of halogens is 1. The fourth-order valence-corrected chi connectivity index (χ4v) is 4.28. The molecule has 34 heavy (non-hydrogen) atoms. The van der Waals surface area contributed by atoms with Gasteiger partial charge in [-0.2, -0.15) is 0 Å². The van der Waals surface area contributed by atoms with E-state index in [1.807, 2.05) is 102 Å². The number of hydrogen-bond acceptors (Lipinski definition) is 1. The topological polar surface area (TPSA) is 25.2 Å². The molecule has 0 aliphatic heterocycles. The Hall–Kier alpha value is -4.18. The highest BCUT2D eigenvalue weighted by molar-refractivity contribution is 5.98. The van der Waals surface area contributed by atoms with E-state index in [9.17, 15) is 9.18 Å². The van der Waals surface area contributed by atoms with Gasteiger partial charge < -0.3 is 9.47 Å². The Labute approximate surface area is 198 Å². The predicted octanol–water partition coefficient (Wildman–Crippen LogP) is 6.67. The van der Waals surface area contributed by atoms with Crippen LogP contribution in [-0.2, 0) is 19.6 Å². The van der Waals surface area contributed by atoms with Gasteiger partial charge in [0.05, 0.1) is 6.54 Å². The van der Waals surface area contributed by atoms with E-state index < -0.39 is 0 Å². The number of carbonyl (C=O) groups is 1. The van der Waals surface area contributed by atoms with E-state index in [0.717, 1.165) is 27.6 Å². The van der Waals surface area contributed by atoms with Gasteiger partial charge in [0.25, 0.3) is 5.91 Å². The van der Waals surface area contributed by atoms with Gasteiger partial charge >= 0.3 is 0 Å². The van der Waals surface area contributed by atoms with Crippen LogP contribution < -0.4 is 0 Å². The number of fused-ring (bicyclic) bond motifs is 1. The van der Waals surface area contributed by atoms with Crippen LogP contribution in [0, 0.1) is 5.82 Å². The number of benzene rings is 4. The number of carbonyl (C=O) groups excluding carboxylic acids is 1. The van der Waals surface area contributed by atoms with Crippen LogP contribution in [0.2, 0.25) is 0 Å². The minimum atomic E-state index is -0.247. The second kappa shape index (κ2) is 9.75. The van der Waals surface area contributed by atoms with Crippen LogP contribution in [0.4, 0.5) is 4.39 Å². The lowest BCUT2D eigenvalue weighted by Gasteiger charge is -2.24. The van der Waals surface area contributed by atoms with Crippen molar-refractivity contribution in [2.75, 3.05) is 0 Å². The summed E-state index contributed by atoms with van der Waals surface area (Å²) < 4.78 is 15.8. The Kier molecular flexibility index (Phi) is 6.21. The van der Waals surface area contributed by atoms with Crippen molar-refractivity contribution in [1.29, 1.82) is 0 Å². The summed E-state index contributed by atoms with van der Waals surface area (Å²) in [5, 5.41) is 2.15. The van der Waals surface area contributed by atoms with Crippen LogP contribution in [0.5, 0.6) is 0 Å². The molecule has 0 saturated heterocycles. The minimum Gasteiger partial charge on any atom is -0.345 e. The summed E-state index contributed by atoms with van der Waals surface area (Å²) in [6.07, 6.45) is 1.97. The fraction of sp³-hybridized carbons (Fsp3) is 0.100. The van der Waals surface area contributed by atoms with Gasteiger partial charge in [-0.1, -0.05) is 72.8 Å². The summed E-state index contributed by atoms with van der Waals surface area (Å²) in [6, 6.07) is 34.5. The molecule has 4 aromatic carbocycles. The average molecular weight is 449 g/mol. The lowest BCUT2D eigenvalue weighted by atomic mass is 10.1. The number of hydrogen-bond donors (Lipinski definition) is 0. The van der Waals surface area contributed by atoms with Crippen LogP contribution in [0.25, 0.3) is 10.8 Å². The highest BCUT2D eigenvalue weighted by Crippen LogP contribution is 2.20. The van der Waals surface area contributed by atoms with Gasteiger partial charge in [-0.3, -0.25) is 4.79 Å². The SMILES string of the molecule is O=C(c1ccc2ccccc2c1)N(Cc1ccccc1)Cc1cccn1Cc1cccc(F)c1. The van der Waals surface area contributed by atoms with E-state index in [4.69, 9.17) is 0 Å². The lowest BCUT2D eigenvalue weighted by Crippen LogP contribution is -2.31. The molecule has 1 amide bonds. The molecule has 0 fully saturated rings. The van der Waals surface area contributed by atoms with Gasteiger partial charge in [0, 0.05) is 30.5 Å². The largest absolute Gasteiger partial charge is 0.345 e. The molecule has 5 aromatic rings. The number of aromatic nitrogens is 1. The third-order valence-electron chi connectivity index (χ3n) is 6.02. The number of nitrogens with zero attached hydrogens (tertiary/aromatic N) is 2. The maximum Gasteiger partial charge on any atom is 0.254 e. The Morgan fingerprint density at radius 3 is 2.29 bits per heavy atom. The summed E-state index contributed by atoms with van der Waals surface area (Å²) in [7, 11) is 0. The first-order valence-electron chi connectivity index (χ1n) is 11.4. The third-order valence-corrected chi connectivity index (χ3v) is 6.02. The molecule has 0 bridgehead atoms. The van der Waals surface area contributed by atoms with Crippen molar-refractivity contribution >= 4 is 16.7 Å². The zero-order chi connectivity index (χ0) is 23.3. The van der Waals surface area contributed by atoms with Crippen molar-refractivity contribution in [3.63, 3.8) is 0 Å². The maximum absolute atomic E-state index is 13.7. The Morgan fingerprint density at radius 2 is 1.47 bits per heavy atom. The van der Waals surface area contributed by atoms with Gasteiger partial charge in [0.1, 0.15) is 5.82 Å². The van der Waals surface area contributed by atoms with Gasteiger partial charge in [-0.05, 0) is 58.3 Å². The molecule has 0 N–H and O–H groups in total. The van der Waals surface area contributed by atoms with Crippen molar-refractivity contribution in [3.8, 4) is 0 Å². The van der Waals surface area contributed by atoms with E-state index in [1.165, 1.54) is 6.07 Å². The standard InChI is InChI=1S/C30H25FN2O/c31-28-13-6-10-24(18-28)21-32-17-7-14-29(32)22-33(20-23-8-2-1-3-9-23)30(34)27-16-15-25-11-4-5-12-26(25)19-27/h1-19H,20-22H2.